The predicted molar refractivity (Wildman–Crippen MR) is 84.8 cm³/mol. The minimum atomic E-state index is -0.300. The lowest BCUT2D eigenvalue weighted by Crippen LogP contribution is -2.39. The highest BCUT2D eigenvalue weighted by Gasteiger charge is 2.41. The number of aliphatic hydroxyl groups is 1. The van der Waals surface area contributed by atoms with Crippen LogP contribution in [0.3, 0.4) is 0 Å². The van der Waals surface area contributed by atoms with Gasteiger partial charge in [0, 0.05) is 19.6 Å². The Hall–Kier alpha value is -2.14. The van der Waals surface area contributed by atoms with Crippen LogP contribution in [0.4, 0.5) is 0 Å². The van der Waals surface area contributed by atoms with E-state index < -0.39 is 0 Å². The van der Waals surface area contributed by atoms with Crippen LogP contribution >= 0.6 is 0 Å². The van der Waals surface area contributed by atoms with E-state index in [1.54, 1.807) is 11.9 Å². The summed E-state index contributed by atoms with van der Waals surface area (Å²) in [6.45, 7) is 5.83. The average molecular weight is 302 g/mol. The smallest absolute Gasteiger partial charge is 0.278 e. The molecule has 0 atom stereocenters. The summed E-state index contributed by atoms with van der Waals surface area (Å²) in [6.07, 6.45) is 0. The van der Waals surface area contributed by atoms with Gasteiger partial charge in [0.25, 0.3) is 11.8 Å². The molecule has 0 unspecified atom stereocenters. The molecule has 118 valence electrons. The maximum atomic E-state index is 12.7. The minimum Gasteiger partial charge on any atom is -0.395 e. The molecule has 0 saturated heterocycles. The number of carbonyl (C=O) groups excluding carboxylic acids is 2. The summed E-state index contributed by atoms with van der Waals surface area (Å²) in [6, 6.07) is 7.34. The Morgan fingerprint density at radius 2 is 1.73 bits per heavy atom. The van der Waals surface area contributed by atoms with E-state index in [4.69, 9.17) is 5.11 Å². The van der Waals surface area contributed by atoms with Crippen molar-refractivity contribution in [3.05, 3.63) is 41.1 Å². The Balaban J connectivity index is 2.57. The van der Waals surface area contributed by atoms with Gasteiger partial charge in [-0.15, -0.1) is 0 Å². The third-order valence-electron chi connectivity index (χ3n) is 3.76. The summed E-state index contributed by atoms with van der Waals surface area (Å²) >= 11 is 0. The van der Waals surface area contributed by atoms with Crippen LogP contribution in [0.1, 0.15) is 25.0 Å². The number of carbonyl (C=O) groups is 2. The molecular weight excluding hydrogens is 280 g/mol. The van der Waals surface area contributed by atoms with Crippen molar-refractivity contribution >= 4 is 17.4 Å². The second kappa shape index (κ2) is 6.32. The molecule has 1 N–H and O–H groups in total. The van der Waals surface area contributed by atoms with Gasteiger partial charge in [-0.05, 0) is 26.3 Å². The molecule has 1 aliphatic rings. The number of rotatable bonds is 5. The van der Waals surface area contributed by atoms with Crippen LogP contribution in [-0.2, 0) is 9.59 Å². The summed E-state index contributed by atoms with van der Waals surface area (Å²) in [5, 5.41) is 9.14. The average Bonchev–Trinajstić information content (AvgIpc) is 2.71. The molecule has 0 radical (unpaired) electrons. The lowest BCUT2D eigenvalue weighted by molar-refractivity contribution is -0.139. The van der Waals surface area contributed by atoms with Crippen molar-refractivity contribution in [3.63, 3.8) is 0 Å². The number of hydrogen-bond acceptors (Lipinski definition) is 4. The zero-order chi connectivity index (χ0) is 16.4. The predicted octanol–water partition coefficient (Wildman–Crippen LogP) is 1.41. The zero-order valence-electron chi connectivity index (χ0n) is 13.5. The first kappa shape index (κ1) is 16.2. The summed E-state index contributed by atoms with van der Waals surface area (Å²) in [7, 11) is 1.72. The van der Waals surface area contributed by atoms with E-state index in [-0.39, 0.29) is 24.5 Å². The number of aryl methyl sites for hydroxylation is 1. The number of benzene rings is 1. The molecule has 1 heterocycles. The van der Waals surface area contributed by atoms with Gasteiger partial charge in [-0.1, -0.05) is 29.8 Å². The van der Waals surface area contributed by atoms with Crippen LogP contribution < -0.4 is 0 Å². The fourth-order valence-electron chi connectivity index (χ4n) is 2.60. The first-order valence-corrected chi connectivity index (χ1v) is 7.39. The largest absolute Gasteiger partial charge is 0.395 e. The summed E-state index contributed by atoms with van der Waals surface area (Å²) < 4.78 is 0. The second-order valence-electron chi connectivity index (χ2n) is 5.81. The highest BCUT2D eigenvalue weighted by atomic mass is 16.3. The fourth-order valence-corrected chi connectivity index (χ4v) is 2.60. The van der Waals surface area contributed by atoms with Gasteiger partial charge in [0.05, 0.1) is 12.2 Å². The number of hydrogen-bond donors (Lipinski definition) is 1. The first-order valence-electron chi connectivity index (χ1n) is 7.39. The van der Waals surface area contributed by atoms with Crippen LogP contribution in [0, 0.1) is 6.92 Å². The van der Waals surface area contributed by atoms with Gasteiger partial charge in [0.1, 0.15) is 5.70 Å². The van der Waals surface area contributed by atoms with Crippen molar-refractivity contribution in [1.29, 1.82) is 0 Å². The molecule has 2 rings (SSSR count). The monoisotopic (exact) mass is 302 g/mol. The Labute approximate surface area is 130 Å². The molecule has 1 aliphatic heterocycles. The van der Waals surface area contributed by atoms with E-state index >= 15 is 0 Å². The number of nitrogens with zero attached hydrogens (tertiary/aromatic N) is 2. The van der Waals surface area contributed by atoms with E-state index in [1.807, 2.05) is 45.0 Å². The molecule has 0 aliphatic carbocycles. The van der Waals surface area contributed by atoms with Gasteiger partial charge in [-0.3, -0.25) is 14.5 Å². The minimum absolute atomic E-state index is 0.0790. The Bertz CT molecular complexity index is 617. The highest BCUT2D eigenvalue weighted by Crippen LogP contribution is 2.32. The van der Waals surface area contributed by atoms with Crippen molar-refractivity contribution in [1.82, 2.24) is 9.80 Å². The van der Waals surface area contributed by atoms with Crippen LogP contribution in [0.25, 0.3) is 5.57 Å². The zero-order valence-corrected chi connectivity index (χ0v) is 13.5. The van der Waals surface area contributed by atoms with E-state index in [0.717, 1.165) is 11.1 Å². The van der Waals surface area contributed by atoms with Crippen LogP contribution in [0.5, 0.6) is 0 Å². The van der Waals surface area contributed by atoms with Gasteiger partial charge in [0.2, 0.25) is 0 Å². The van der Waals surface area contributed by atoms with Crippen LogP contribution in [0.2, 0.25) is 0 Å². The molecule has 0 bridgehead atoms. The lowest BCUT2D eigenvalue weighted by atomic mass is 10.0. The maximum Gasteiger partial charge on any atom is 0.278 e. The van der Waals surface area contributed by atoms with Crippen LogP contribution in [0.15, 0.2) is 30.0 Å². The number of imide groups is 1. The standard InChI is InChI=1S/C17H22N2O3/c1-11(2)19-16(21)14(13-7-5-12(3)6-8-13)15(17(19)22)18(4)9-10-20/h5-8,11,20H,9-10H2,1-4H3. The highest BCUT2D eigenvalue weighted by molar-refractivity contribution is 6.35. The van der Waals surface area contributed by atoms with E-state index in [1.165, 1.54) is 4.90 Å². The molecule has 0 fully saturated rings. The molecule has 2 amide bonds. The lowest BCUT2D eigenvalue weighted by Gasteiger charge is -2.22. The Morgan fingerprint density at radius 1 is 1.14 bits per heavy atom. The number of likely N-dealkylation sites (N-methyl/N-ethyl adjacent to an activating group) is 1. The molecule has 5 heteroatoms. The van der Waals surface area contributed by atoms with Crippen molar-refractivity contribution in [2.75, 3.05) is 20.2 Å². The molecule has 0 spiro atoms. The van der Waals surface area contributed by atoms with Crippen LogP contribution in [-0.4, -0.2) is 53.0 Å². The van der Waals surface area contributed by atoms with E-state index in [9.17, 15) is 9.59 Å². The SMILES string of the molecule is Cc1ccc(C2=C(N(C)CCO)C(=O)N(C(C)C)C2=O)cc1. The van der Waals surface area contributed by atoms with Crippen molar-refractivity contribution in [2.24, 2.45) is 0 Å². The molecular formula is C17H22N2O3. The van der Waals surface area contributed by atoms with Gasteiger partial charge >= 0.3 is 0 Å². The second-order valence-corrected chi connectivity index (χ2v) is 5.81. The third kappa shape index (κ3) is 2.76. The van der Waals surface area contributed by atoms with E-state index in [2.05, 4.69) is 0 Å². The Morgan fingerprint density at radius 3 is 2.23 bits per heavy atom. The Kier molecular flexibility index (Phi) is 4.66. The van der Waals surface area contributed by atoms with Crippen molar-refractivity contribution < 1.29 is 14.7 Å². The van der Waals surface area contributed by atoms with Crippen molar-refractivity contribution in [2.45, 2.75) is 26.8 Å². The fraction of sp³-hybridized carbons (Fsp3) is 0.412. The maximum absolute atomic E-state index is 12.7. The van der Waals surface area contributed by atoms with Gasteiger partial charge in [0.15, 0.2) is 0 Å². The number of aliphatic hydroxyl groups excluding tert-OH is 1. The van der Waals surface area contributed by atoms with E-state index in [0.29, 0.717) is 17.8 Å². The molecule has 5 nitrogen and oxygen atoms in total. The molecule has 0 saturated carbocycles. The topological polar surface area (TPSA) is 60.9 Å². The molecule has 22 heavy (non-hydrogen) atoms. The van der Waals surface area contributed by atoms with Crippen molar-refractivity contribution in [3.8, 4) is 0 Å². The van der Waals surface area contributed by atoms with Gasteiger partial charge in [-0.2, -0.15) is 0 Å². The quantitative estimate of drug-likeness (QED) is 0.835. The normalized spacial score (nSPS) is 15.3. The summed E-state index contributed by atoms with van der Waals surface area (Å²) in [4.78, 5) is 28.3. The summed E-state index contributed by atoms with van der Waals surface area (Å²) in [5.41, 5.74) is 2.59. The molecule has 1 aromatic carbocycles. The van der Waals surface area contributed by atoms with Gasteiger partial charge in [-0.25, -0.2) is 0 Å². The molecule has 0 aromatic heterocycles. The first-order chi connectivity index (χ1) is 10.4. The third-order valence-corrected chi connectivity index (χ3v) is 3.76. The van der Waals surface area contributed by atoms with Gasteiger partial charge < -0.3 is 10.0 Å². The number of amides is 2. The summed E-state index contributed by atoms with van der Waals surface area (Å²) in [5.74, 6) is -0.574. The molecule has 1 aromatic rings.